The van der Waals surface area contributed by atoms with E-state index in [2.05, 4.69) is 83.0 Å². The Morgan fingerprint density at radius 1 is 1.03 bits per heavy atom. The highest BCUT2D eigenvalue weighted by Crippen LogP contribution is 2.38. The average molecular weight is 495 g/mol. The van der Waals surface area contributed by atoms with Gasteiger partial charge < -0.3 is 20.1 Å². The van der Waals surface area contributed by atoms with Crippen LogP contribution in [0.5, 0.6) is 5.75 Å². The number of aliphatic carboxylic acids is 1. The third-order valence-electron chi connectivity index (χ3n) is 7.23. The number of carboxylic acids is 1. The number of rotatable bonds is 10. The van der Waals surface area contributed by atoms with E-state index in [1.165, 1.54) is 27.6 Å². The van der Waals surface area contributed by atoms with Crippen molar-refractivity contribution in [2.45, 2.75) is 32.7 Å². The molecule has 2 N–H and O–H groups in total. The Hall–Kier alpha value is -3.83. The summed E-state index contributed by atoms with van der Waals surface area (Å²) >= 11 is 0. The fourth-order valence-corrected chi connectivity index (χ4v) is 5.35. The molecule has 190 valence electrons. The molecule has 1 atom stereocenters. The molecule has 4 aromatic carbocycles. The lowest BCUT2D eigenvalue weighted by molar-refractivity contribution is -0.139. The van der Waals surface area contributed by atoms with Crippen LogP contribution in [0, 0.1) is 12.8 Å². The van der Waals surface area contributed by atoms with Gasteiger partial charge in [-0.15, -0.1) is 0 Å². The number of ether oxygens (including phenoxy) is 1. The number of nitrogens with one attached hydrogen (secondary N) is 1. The van der Waals surface area contributed by atoms with Crippen LogP contribution in [0.3, 0.4) is 0 Å². The Bertz CT molecular complexity index is 1380. The summed E-state index contributed by atoms with van der Waals surface area (Å²) in [6, 6.07) is 29.8. The van der Waals surface area contributed by atoms with Gasteiger partial charge in [-0.1, -0.05) is 66.7 Å². The van der Waals surface area contributed by atoms with E-state index in [0.29, 0.717) is 11.7 Å². The molecule has 0 radical (unpaired) electrons. The van der Waals surface area contributed by atoms with Crippen LogP contribution in [0.15, 0.2) is 84.9 Å². The molecule has 0 saturated heterocycles. The second kappa shape index (κ2) is 11.5. The molecule has 1 aliphatic rings. The standard InChI is InChI=1S/C32H34N2O3/c1-23-15-16-28(19-31(23)37-22-32(35)36)34-21-24(18-26-10-3-5-14-30(26)34)8-7-17-33-20-27-12-6-11-25-9-2-4-13-29(25)27/h2-6,9-16,19,24,33H,7-8,17-18,20-22H2,1H3,(H,35,36). The van der Waals surface area contributed by atoms with Crippen molar-refractivity contribution in [1.82, 2.24) is 5.32 Å². The van der Waals surface area contributed by atoms with Crippen molar-refractivity contribution in [1.29, 1.82) is 0 Å². The van der Waals surface area contributed by atoms with Crippen LogP contribution >= 0.6 is 0 Å². The lowest BCUT2D eigenvalue weighted by atomic mass is 9.88. The second-order valence-electron chi connectivity index (χ2n) is 9.90. The van der Waals surface area contributed by atoms with Gasteiger partial charge in [0.15, 0.2) is 6.61 Å². The van der Waals surface area contributed by atoms with E-state index in [-0.39, 0.29) is 6.61 Å². The van der Waals surface area contributed by atoms with E-state index < -0.39 is 5.97 Å². The summed E-state index contributed by atoms with van der Waals surface area (Å²) in [6.45, 7) is 4.40. The quantitative estimate of drug-likeness (QED) is 0.247. The third kappa shape index (κ3) is 5.95. The first-order valence-corrected chi connectivity index (χ1v) is 13.1. The zero-order valence-electron chi connectivity index (χ0n) is 21.3. The number of hydrogen-bond donors (Lipinski definition) is 2. The van der Waals surface area contributed by atoms with Crippen molar-refractivity contribution >= 4 is 28.1 Å². The minimum Gasteiger partial charge on any atom is -0.482 e. The van der Waals surface area contributed by atoms with Crippen molar-refractivity contribution < 1.29 is 14.6 Å². The number of benzene rings is 4. The first-order chi connectivity index (χ1) is 18.1. The summed E-state index contributed by atoms with van der Waals surface area (Å²) < 4.78 is 5.57. The zero-order chi connectivity index (χ0) is 25.6. The summed E-state index contributed by atoms with van der Waals surface area (Å²) in [6.07, 6.45) is 3.33. The lowest BCUT2D eigenvalue weighted by Gasteiger charge is -2.36. The number of carboxylic acid groups (broad SMARTS) is 1. The number of fused-ring (bicyclic) bond motifs is 2. The van der Waals surface area contributed by atoms with Gasteiger partial charge in [-0.2, -0.15) is 0 Å². The molecule has 5 nitrogen and oxygen atoms in total. The molecule has 0 amide bonds. The third-order valence-corrected chi connectivity index (χ3v) is 7.23. The highest BCUT2D eigenvalue weighted by atomic mass is 16.5. The van der Waals surface area contributed by atoms with Crippen LogP contribution in [0.4, 0.5) is 11.4 Å². The van der Waals surface area contributed by atoms with E-state index >= 15 is 0 Å². The van der Waals surface area contributed by atoms with Gasteiger partial charge in [-0.3, -0.25) is 0 Å². The predicted molar refractivity (Wildman–Crippen MR) is 150 cm³/mol. The molecule has 0 aromatic heterocycles. The zero-order valence-corrected chi connectivity index (χ0v) is 21.3. The number of nitrogens with zero attached hydrogens (tertiary/aromatic N) is 1. The van der Waals surface area contributed by atoms with E-state index in [9.17, 15) is 4.79 Å². The smallest absolute Gasteiger partial charge is 0.341 e. The average Bonchev–Trinajstić information content (AvgIpc) is 2.92. The molecule has 37 heavy (non-hydrogen) atoms. The lowest BCUT2D eigenvalue weighted by Crippen LogP contribution is -2.32. The van der Waals surface area contributed by atoms with Crippen LogP contribution < -0.4 is 15.0 Å². The number of carbonyl (C=O) groups is 1. The molecular formula is C32H34N2O3. The van der Waals surface area contributed by atoms with Crippen LogP contribution in [0.25, 0.3) is 10.8 Å². The minimum absolute atomic E-state index is 0.338. The highest BCUT2D eigenvalue weighted by molar-refractivity contribution is 5.85. The molecule has 0 spiro atoms. The monoisotopic (exact) mass is 494 g/mol. The Balaban J connectivity index is 1.22. The first kappa shape index (κ1) is 24.8. The summed E-state index contributed by atoms with van der Waals surface area (Å²) in [5.74, 6) is 0.193. The maximum Gasteiger partial charge on any atom is 0.341 e. The fraction of sp³-hybridized carbons (Fsp3) is 0.281. The molecule has 4 aromatic rings. The molecular weight excluding hydrogens is 460 g/mol. The van der Waals surface area contributed by atoms with Gasteiger partial charge in [0.05, 0.1) is 0 Å². The second-order valence-corrected chi connectivity index (χ2v) is 9.90. The molecule has 1 aliphatic heterocycles. The van der Waals surface area contributed by atoms with Gasteiger partial charge in [0, 0.05) is 30.5 Å². The normalized spacial score (nSPS) is 14.9. The Labute approximate surface area is 218 Å². The van der Waals surface area contributed by atoms with E-state index in [1.807, 2.05) is 19.1 Å². The topological polar surface area (TPSA) is 61.8 Å². The van der Waals surface area contributed by atoms with Gasteiger partial charge in [0.1, 0.15) is 5.75 Å². The largest absolute Gasteiger partial charge is 0.482 e. The Morgan fingerprint density at radius 3 is 2.73 bits per heavy atom. The molecule has 5 rings (SSSR count). The number of para-hydroxylation sites is 1. The van der Waals surface area contributed by atoms with Gasteiger partial charge in [-0.25, -0.2) is 4.79 Å². The van der Waals surface area contributed by atoms with Crippen molar-refractivity contribution in [2.75, 3.05) is 24.6 Å². The summed E-state index contributed by atoms with van der Waals surface area (Å²) in [4.78, 5) is 13.4. The van der Waals surface area contributed by atoms with Crippen LogP contribution in [-0.2, 0) is 17.8 Å². The van der Waals surface area contributed by atoms with Crippen LogP contribution in [-0.4, -0.2) is 30.8 Å². The minimum atomic E-state index is -0.970. The van der Waals surface area contributed by atoms with E-state index in [1.54, 1.807) is 0 Å². The fourth-order valence-electron chi connectivity index (χ4n) is 5.35. The molecule has 1 heterocycles. The number of anilines is 2. The molecule has 1 unspecified atom stereocenters. The molecule has 0 fully saturated rings. The SMILES string of the molecule is Cc1ccc(N2CC(CCCNCc3cccc4ccccc34)Cc3ccccc32)cc1OCC(=O)O. The van der Waals surface area contributed by atoms with Crippen molar-refractivity contribution in [2.24, 2.45) is 5.92 Å². The Morgan fingerprint density at radius 2 is 1.84 bits per heavy atom. The Kier molecular flexibility index (Phi) is 7.71. The van der Waals surface area contributed by atoms with Gasteiger partial charge >= 0.3 is 5.97 Å². The van der Waals surface area contributed by atoms with Gasteiger partial charge in [0.2, 0.25) is 0 Å². The predicted octanol–water partition coefficient (Wildman–Crippen LogP) is 6.49. The van der Waals surface area contributed by atoms with Crippen molar-refractivity contribution in [3.8, 4) is 5.75 Å². The summed E-state index contributed by atoms with van der Waals surface area (Å²) in [5, 5.41) is 15.3. The van der Waals surface area contributed by atoms with Crippen molar-refractivity contribution in [3.05, 3.63) is 102 Å². The highest BCUT2D eigenvalue weighted by Gasteiger charge is 2.25. The van der Waals surface area contributed by atoms with Gasteiger partial charge in [0.25, 0.3) is 0 Å². The maximum absolute atomic E-state index is 11.0. The maximum atomic E-state index is 11.0. The number of aryl methyl sites for hydroxylation is 1. The van der Waals surface area contributed by atoms with E-state index in [0.717, 1.165) is 50.1 Å². The summed E-state index contributed by atoms with van der Waals surface area (Å²) in [5.41, 5.74) is 5.90. The molecule has 0 bridgehead atoms. The number of hydrogen-bond acceptors (Lipinski definition) is 4. The van der Waals surface area contributed by atoms with E-state index in [4.69, 9.17) is 9.84 Å². The molecule has 0 saturated carbocycles. The van der Waals surface area contributed by atoms with Crippen LogP contribution in [0.2, 0.25) is 0 Å². The van der Waals surface area contributed by atoms with Crippen LogP contribution in [0.1, 0.15) is 29.5 Å². The molecule has 5 heteroatoms. The first-order valence-electron chi connectivity index (χ1n) is 13.1. The van der Waals surface area contributed by atoms with Crippen molar-refractivity contribution in [3.63, 3.8) is 0 Å². The molecule has 0 aliphatic carbocycles. The van der Waals surface area contributed by atoms with Gasteiger partial charge in [-0.05, 0) is 78.2 Å². The summed E-state index contributed by atoms with van der Waals surface area (Å²) in [7, 11) is 0.